The highest BCUT2D eigenvalue weighted by molar-refractivity contribution is 7.90. The molecule has 0 unspecified atom stereocenters. The number of piperazine rings is 1. The molecule has 0 bridgehead atoms. The van der Waals surface area contributed by atoms with Crippen LogP contribution in [0.5, 0.6) is 5.75 Å². The number of benzene rings is 2. The van der Waals surface area contributed by atoms with Crippen LogP contribution in [-0.4, -0.2) is 56.6 Å². The number of fused-ring (bicyclic) bond motifs is 1. The molecule has 0 N–H and O–H groups in total. The Kier molecular flexibility index (Phi) is 6.14. The van der Waals surface area contributed by atoms with Crippen LogP contribution in [0.15, 0.2) is 47.5 Å². The van der Waals surface area contributed by atoms with Gasteiger partial charge in [0.2, 0.25) is 0 Å². The third-order valence-electron chi connectivity index (χ3n) is 6.79. The lowest BCUT2D eigenvalue weighted by Gasteiger charge is -2.36. The minimum atomic E-state index is -4.77. The first kappa shape index (κ1) is 24.8. The molecule has 194 valence electrons. The van der Waals surface area contributed by atoms with Gasteiger partial charge in [-0.15, -0.1) is 0 Å². The summed E-state index contributed by atoms with van der Waals surface area (Å²) in [7, 11) is -3.06. The van der Waals surface area contributed by atoms with Crippen molar-refractivity contribution in [2.45, 2.75) is 36.4 Å². The van der Waals surface area contributed by atoms with Gasteiger partial charge in [0.05, 0.1) is 28.8 Å². The molecule has 1 aliphatic heterocycles. The number of alkyl halides is 5. The van der Waals surface area contributed by atoms with Crippen molar-refractivity contribution in [3.05, 3.63) is 53.7 Å². The van der Waals surface area contributed by atoms with E-state index in [1.54, 1.807) is 0 Å². The summed E-state index contributed by atoms with van der Waals surface area (Å²) in [6.45, 7) is 2.91. The van der Waals surface area contributed by atoms with Crippen LogP contribution in [0.3, 0.4) is 0 Å². The van der Waals surface area contributed by atoms with Crippen molar-refractivity contribution < 1.29 is 35.1 Å². The summed E-state index contributed by atoms with van der Waals surface area (Å²) in [6, 6.07) is 6.86. The second kappa shape index (κ2) is 8.91. The van der Waals surface area contributed by atoms with Gasteiger partial charge in [-0.1, -0.05) is 6.07 Å². The van der Waals surface area contributed by atoms with E-state index in [0.29, 0.717) is 52.9 Å². The van der Waals surface area contributed by atoms with E-state index in [0.717, 1.165) is 19.2 Å². The summed E-state index contributed by atoms with van der Waals surface area (Å²) in [6.07, 6.45) is -4.79. The first-order valence-electron chi connectivity index (χ1n) is 11.4. The first-order valence-corrected chi connectivity index (χ1v) is 12.9. The molecule has 1 saturated heterocycles. The molecule has 0 atom stereocenters. The second-order valence-electron chi connectivity index (χ2n) is 9.00. The molecule has 2 aromatic carbocycles. The van der Waals surface area contributed by atoms with E-state index in [-0.39, 0.29) is 10.3 Å². The van der Waals surface area contributed by atoms with E-state index in [9.17, 15) is 30.4 Å². The summed E-state index contributed by atoms with van der Waals surface area (Å²) in [4.78, 5) is 4.15. The Morgan fingerprint density at radius 2 is 1.69 bits per heavy atom. The normalized spacial score (nSPS) is 17.8. The highest BCUT2D eigenvalue weighted by Crippen LogP contribution is 2.38. The van der Waals surface area contributed by atoms with Crippen molar-refractivity contribution in [1.82, 2.24) is 8.87 Å². The Balaban J connectivity index is 1.58. The van der Waals surface area contributed by atoms with Crippen molar-refractivity contribution in [3.63, 3.8) is 0 Å². The second-order valence-corrected chi connectivity index (χ2v) is 10.8. The van der Waals surface area contributed by atoms with Gasteiger partial charge in [-0.3, -0.25) is 4.90 Å². The predicted octanol–water partition coefficient (Wildman–Crippen LogP) is 5.13. The Morgan fingerprint density at radius 3 is 2.28 bits per heavy atom. The quantitative estimate of drug-likeness (QED) is 0.415. The zero-order valence-corrected chi connectivity index (χ0v) is 20.1. The maximum atomic E-state index is 13.7. The lowest BCUT2D eigenvalue weighted by molar-refractivity contribution is -0.137. The molecule has 36 heavy (non-hydrogen) atoms. The van der Waals surface area contributed by atoms with Crippen LogP contribution >= 0.6 is 0 Å². The van der Waals surface area contributed by atoms with Gasteiger partial charge < -0.3 is 9.64 Å². The zero-order chi connectivity index (χ0) is 25.8. The summed E-state index contributed by atoms with van der Waals surface area (Å²) >= 11 is 0. The Hall–Kier alpha value is -2.86. The average molecular weight is 530 g/mol. The lowest BCUT2D eigenvalue weighted by Crippen LogP contribution is -2.47. The summed E-state index contributed by atoms with van der Waals surface area (Å²) < 4.78 is 100. The van der Waals surface area contributed by atoms with Gasteiger partial charge in [0.25, 0.3) is 16.4 Å². The minimum absolute atomic E-state index is 0.238. The molecule has 0 amide bonds. The van der Waals surface area contributed by atoms with Crippen molar-refractivity contribution >= 4 is 26.6 Å². The highest BCUT2D eigenvalue weighted by atomic mass is 32.2. The fourth-order valence-corrected chi connectivity index (χ4v) is 6.12. The number of rotatable bonds is 6. The topological polar surface area (TPSA) is 54.8 Å². The summed E-state index contributed by atoms with van der Waals surface area (Å²) in [5.41, 5.74) is -1.73. The summed E-state index contributed by atoms with van der Waals surface area (Å²) in [5, 5.41) is -0.258. The van der Waals surface area contributed by atoms with Gasteiger partial charge >= 0.3 is 6.18 Å². The molecular formula is C24H24F5N3O3S. The molecule has 2 aliphatic rings. The van der Waals surface area contributed by atoms with Gasteiger partial charge in [-0.05, 0) is 43.2 Å². The molecule has 1 saturated carbocycles. The van der Waals surface area contributed by atoms with Gasteiger partial charge in [-0.2, -0.15) is 13.2 Å². The lowest BCUT2D eigenvalue weighted by atomic mass is 10.1. The molecular weight excluding hydrogens is 505 g/mol. The Labute approximate surface area is 204 Å². The van der Waals surface area contributed by atoms with Crippen LogP contribution in [0.4, 0.5) is 27.6 Å². The molecule has 1 aromatic heterocycles. The zero-order valence-electron chi connectivity index (χ0n) is 19.3. The van der Waals surface area contributed by atoms with Gasteiger partial charge in [0.1, 0.15) is 5.75 Å². The standard InChI is InChI=1S/C24H24F5N3O3S/c1-35-22-7-5-17(13-21(22)31-10-8-30(9-11-31)16-3-4-16)36(33,34)32-14-19(23(25)26)18-6-2-15(12-20(18)32)24(27,28)29/h2,5-7,12-14,16,23H,3-4,8-11H2,1H3. The number of hydrogen-bond donors (Lipinski definition) is 0. The van der Waals surface area contributed by atoms with E-state index in [1.165, 1.54) is 38.2 Å². The van der Waals surface area contributed by atoms with Crippen LogP contribution < -0.4 is 9.64 Å². The number of nitrogens with zero attached hydrogens (tertiary/aromatic N) is 3. The minimum Gasteiger partial charge on any atom is -0.495 e. The van der Waals surface area contributed by atoms with Crippen LogP contribution in [0.2, 0.25) is 0 Å². The number of methoxy groups -OCH3 is 1. The van der Waals surface area contributed by atoms with Crippen LogP contribution in [0, 0.1) is 0 Å². The van der Waals surface area contributed by atoms with E-state index >= 15 is 0 Å². The number of halogens is 5. The van der Waals surface area contributed by atoms with Gasteiger partial charge in [-0.25, -0.2) is 21.2 Å². The average Bonchev–Trinajstić information content (AvgIpc) is 3.62. The van der Waals surface area contributed by atoms with Crippen molar-refractivity contribution in [2.75, 3.05) is 38.2 Å². The summed E-state index contributed by atoms with van der Waals surface area (Å²) in [5.74, 6) is 0.443. The highest BCUT2D eigenvalue weighted by Gasteiger charge is 2.34. The SMILES string of the molecule is COc1ccc(S(=O)(=O)n2cc(C(F)F)c3ccc(C(F)(F)F)cc32)cc1N1CCN(C2CC2)CC1. The molecule has 12 heteroatoms. The number of anilines is 1. The Morgan fingerprint density at radius 1 is 1.00 bits per heavy atom. The molecule has 5 rings (SSSR count). The first-order chi connectivity index (χ1) is 17.0. The fraction of sp³-hybridized carbons (Fsp3) is 0.417. The van der Waals surface area contributed by atoms with E-state index in [1.807, 2.05) is 4.90 Å². The van der Waals surface area contributed by atoms with Gasteiger partial charge in [0.15, 0.2) is 0 Å². The number of aromatic nitrogens is 1. The largest absolute Gasteiger partial charge is 0.495 e. The van der Waals surface area contributed by atoms with Crippen molar-refractivity contribution in [2.24, 2.45) is 0 Å². The third-order valence-corrected chi connectivity index (χ3v) is 8.46. The van der Waals surface area contributed by atoms with Crippen LogP contribution in [0.1, 0.15) is 30.4 Å². The molecule has 0 radical (unpaired) electrons. The smallest absolute Gasteiger partial charge is 0.416 e. The molecule has 1 aliphatic carbocycles. The van der Waals surface area contributed by atoms with E-state index < -0.39 is 39.3 Å². The van der Waals surface area contributed by atoms with Crippen LogP contribution in [-0.2, 0) is 16.2 Å². The van der Waals surface area contributed by atoms with Gasteiger partial charge in [0, 0.05) is 49.4 Å². The molecule has 2 fully saturated rings. The molecule has 2 heterocycles. The third kappa shape index (κ3) is 4.40. The van der Waals surface area contributed by atoms with Crippen LogP contribution in [0.25, 0.3) is 10.9 Å². The molecule has 3 aromatic rings. The fourth-order valence-electron chi connectivity index (χ4n) is 4.73. The Bertz CT molecular complexity index is 1390. The number of ether oxygens (including phenoxy) is 1. The molecule has 0 spiro atoms. The van der Waals surface area contributed by atoms with E-state index in [2.05, 4.69) is 4.90 Å². The predicted molar refractivity (Wildman–Crippen MR) is 124 cm³/mol. The maximum absolute atomic E-state index is 13.7. The molecule has 6 nitrogen and oxygen atoms in total. The monoisotopic (exact) mass is 529 g/mol. The number of hydrogen-bond acceptors (Lipinski definition) is 5. The van der Waals surface area contributed by atoms with E-state index in [4.69, 9.17) is 4.74 Å². The maximum Gasteiger partial charge on any atom is 0.416 e. The van der Waals surface area contributed by atoms with Crippen molar-refractivity contribution in [3.8, 4) is 5.75 Å². The van der Waals surface area contributed by atoms with Crippen molar-refractivity contribution in [1.29, 1.82) is 0 Å².